The number of benzene rings is 1. The van der Waals surface area contributed by atoms with E-state index in [1.807, 2.05) is 40.6 Å². The third kappa shape index (κ3) is 2.17. The Morgan fingerprint density at radius 1 is 1.21 bits per heavy atom. The predicted octanol–water partition coefficient (Wildman–Crippen LogP) is 2.88. The van der Waals surface area contributed by atoms with Gasteiger partial charge < -0.3 is 4.90 Å². The molecule has 4 nitrogen and oxygen atoms in total. The van der Waals surface area contributed by atoms with Gasteiger partial charge in [0, 0.05) is 17.3 Å². The zero-order valence-electron chi connectivity index (χ0n) is 10.3. The van der Waals surface area contributed by atoms with E-state index in [2.05, 4.69) is 4.40 Å². The van der Waals surface area contributed by atoms with Gasteiger partial charge in [-0.2, -0.15) is 8.42 Å². The number of rotatable bonds is 2. The molecule has 0 amide bonds. The fourth-order valence-electron chi connectivity index (χ4n) is 2.08. The van der Waals surface area contributed by atoms with Crippen molar-refractivity contribution in [2.45, 2.75) is 18.4 Å². The highest BCUT2D eigenvalue weighted by Gasteiger charge is 2.29. The maximum Gasteiger partial charge on any atom is 0.286 e. The highest BCUT2D eigenvalue weighted by atomic mass is 32.2. The molecule has 0 fully saturated rings. The number of thiophene rings is 1. The lowest BCUT2D eigenvalue weighted by Gasteiger charge is -2.27. The average molecular weight is 292 g/mol. The van der Waals surface area contributed by atoms with Crippen molar-refractivity contribution in [2.24, 2.45) is 4.40 Å². The number of fused-ring (bicyclic) bond motifs is 1. The summed E-state index contributed by atoms with van der Waals surface area (Å²) in [6.45, 7) is 2.34. The molecule has 3 rings (SSSR count). The monoisotopic (exact) mass is 292 g/mol. The number of hydrogen-bond acceptors (Lipinski definition) is 4. The molecule has 2 aromatic rings. The minimum absolute atomic E-state index is 0.305. The maximum atomic E-state index is 11.9. The van der Waals surface area contributed by atoms with Crippen LogP contribution < -0.4 is 4.90 Å². The minimum Gasteiger partial charge on any atom is -0.323 e. The van der Waals surface area contributed by atoms with Crippen molar-refractivity contribution in [3.05, 3.63) is 46.7 Å². The maximum absolute atomic E-state index is 11.9. The van der Waals surface area contributed by atoms with Crippen molar-refractivity contribution < 1.29 is 8.42 Å². The Hall–Kier alpha value is -1.66. The molecule has 98 valence electrons. The van der Waals surface area contributed by atoms with Crippen molar-refractivity contribution in [3.8, 4) is 0 Å². The number of amidine groups is 1. The summed E-state index contributed by atoms with van der Waals surface area (Å²) in [7, 11) is -3.52. The lowest BCUT2D eigenvalue weighted by molar-refractivity contribution is 0.597. The molecule has 0 saturated heterocycles. The zero-order valence-corrected chi connectivity index (χ0v) is 11.9. The van der Waals surface area contributed by atoms with Crippen molar-refractivity contribution >= 4 is 32.9 Å². The molecule has 1 aliphatic rings. The van der Waals surface area contributed by atoms with Gasteiger partial charge in [-0.1, -0.05) is 30.3 Å². The fraction of sp³-hybridized carbons (Fsp3) is 0.154. The lowest BCUT2D eigenvalue weighted by Crippen LogP contribution is -2.32. The van der Waals surface area contributed by atoms with Crippen LogP contribution in [0, 0.1) is 0 Å². The van der Waals surface area contributed by atoms with Gasteiger partial charge in [0.2, 0.25) is 0 Å². The van der Waals surface area contributed by atoms with E-state index in [4.69, 9.17) is 0 Å². The van der Waals surface area contributed by atoms with Crippen LogP contribution in [0.25, 0.3) is 0 Å². The summed E-state index contributed by atoms with van der Waals surface area (Å²) in [6.07, 6.45) is 0. The molecule has 0 atom stereocenters. The van der Waals surface area contributed by atoms with E-state index < -0.39 is 10.0 Å². The molecule has 1 aromatic carbocycles. The zero-order chi connectivity index (χ0) is 13.5. The molecule has 0 unspecified atom stereocenters. The van der Waals surface area contributed by atoms with Crippen LogP contribution >= 0.6 is 11.3 Å². The molecule has 0 aliphatic carbocycles. The van der Waals surface area contributed by atoms with Gasteiger partial charge in [0.25, 0.3) is 10.0 Å². The molecule has 0 radical (unpaired) electrons. The summed E-state index contributed by atoms with van der Waals surface area (Å²) in [5.41, 5.74) is 1.84. The first-order valence-corrected chi connectivity index (χ1v) is 8.15. The average Bonchev–Trinajstić information content (AvgIpc) is 2.85. The molecular weight excluding hydrogens is 280 g/mol. The minimum atomic E-state index is -3.52. The first-order chi connectivity index (χ1) is 9.08. The summed E-state index contributed by atoms with van der Waals surface area (Å²) >= 11 is 1.38. The standard InChI is InChI=1S/C13H12N2O2S2/c1-10-14-19(16,17)13-9-18-8-12(13)15(10)7-11-5-3-2-4-6-11/h2-6,8-9H,7H2,1H3. The Kier molecular flexibility index (Phi) is 2.91. The molecule has 0 spiro atoms. The van der Waals surface area contributed by atoms with Crippen LogP contribution in [-0.4, -0.2) is 14.3 Å². The largest absolute Gasteiger partial charge is 0.323 e. The second-order valence-electron chi connectivity index (χ2n) is 4.31. The van der Waals surface area contributed by atoms with Gasteiger partial charge in [0.15, 0.2) is 0 Å². The van der Waals surface area contributed by atoms with Crippen LogP contribution in [0.1, 0.15) is 12.5 Å². The summed E-state index contributed by atoms with van der Waals surface area (Å²) < 4.78 is 27.7. The Morgan fingerprint density at radius 3 is 2.68 bits per heavy atom. The summed E-state index contributed by atoms with van der Waals surface area (Å²) in [5, 5.41) is 3.49. The van der Waals surface area contributed by atoms with E-state index >= 15 is 0 Å². The molecule has 0 saturated carbocycles. The molecule has 0 bridgehead atoms. The van der Waals surface area contributed by atoms with E-state index in [1.165, 1.54) is 11.3 Å². The first-order valence-electron chi connectivity index (χ1n) is 5.77. The smallest absolute Gasteiger partial charge is 0.286 e. The second-order valence-corrected chi connectivity index (χ2v) is 6.62. The van der Waals surface area contributed by atoms with E-state index in [-0.39, 0.29) is 0 Å². The van der Waals surface area contributed by atoms with Crippen molar-refractivity contribution in [1.29, 1.82) is 0 Å². The molecule has 1 aromatic heterocycles. The fourth-order valence-corrected chi connectivity index (χ4v) is 4.48. The molecule has 1 aliphatic heterocycles. The van der Waals surface area contributed by atoms with Gasteiger partial charge in [-0.25, -0.2) is 0 Å². The number of sulfonamides is 1. The van der Waals surface area contributed by atoms with Crippen LogP contribution in [0.3, 0.4) is 0 Å². The van der Waals surface area contributed by atoms with Gasteiger partial charge in [0.1, 0.15) is 10.7 Å². The number of anilines is 1. The van der Waals surface area contributed by atoms with E-state index in [0.717, 1.165) is 11.3 Å². The van der Waals surface area contributed by atoms with E-state index in [1.54, 1.807) is 12.3 Å². The Labute approximate surface area is 116 Å². The van der Waals surface area contributed by atoms with Gasteiger partial charge in [0.05, 0.1) is 5.69 Å². The topological polar surface area (TPSA) is 49.7 Å². The quantitative estimate of drug-likeness (QED) is 0.855. The Bertz CT molecular complexity index is 733. The van der Waals surface area contributed by atoms with Gasteiger partial charge >= 0.3 is 0 Å². The SMILES string of the molecule is CC1=NS(=O)(=O)c2cscc2N1Cc1ccccc1. The predicted molar refractivity (Wildman–Crippen MR) is 77.2 cm³/mol. The summed E-state index contributed by atoms with van der Waals surface area (Å²) in [6, 6.07) is 9.93. The lowest BCUT2D eigenvalue weighted by atomic mass is 10.2. The number of hydrogen-bond donors (Lipinski definition) is 0. The molecule has 19 heavy (non-hydrogen) atoms. The van der Waals surface area contributed by atoms with Crippen LogP contribution in [-0.2, 0) is 16.6 Å². The van der Waals surface area contributed by atoms with Crippen molar-refractivity contribution in [1.82, 2.24) is 0 Å². The van der Waals surface area contributed by atoms with Crippen LogP contribution in [0.15, 0.2) is 50.4 Å². The second kappa shape index (κ2) is 4.47. The van der Waals surface area contributed by atoms with Crippen LogP contribution in [0.2, 0.25) is 0 Å². The Morgan fingerprint density at radius 2 is 1.95 bits per heavy atom. The summed E-state index contributed by atoms with van der Waals surface area (Å²) in [5.74, 6) is 0.509. The van der Waals surface area contributed by atoms with Crippen molar-refractivity contribution in [2.75, 3.05) is 4.90 Å². The van der Waals surface area contributed by atoms with Crippen LogP contribution in [0.5, 0.6) is 0 Å². The van der Waals surface area contributed by atoms with Gasteiger partial charge in [-0.3, -0.25) is 0 Å². The third-order valence-electron chi connectivity index (χ3n) is 3.00. The molecule has 2 heterocycles. The Balaban J connectivity index is 2.04. The van der Waals surface area contributed by atoms with Gasteiger partial charge in [-0.05, 0) is 12.5 Å². The highest BCUT2D eigenvalue weighted by molar-refractivity contribution is 7.90. The molecule has 0 N–H and O–H groups in total. The third-order valence-corrected chi connectivity index (χ3v) is 5.27. The van der Waals surface area contributed by atoms with Gasteiger partial charge in [-0.15, -0.1) is 15.7 Å². The summed E-state index contributed by atoms with van der Waals surface area (Å²) in [4.78, 5) is 2.24. The molecular formula is C13H12N2O2S2. The van der Waals surface area contributed by atoms with E-state index in [9.17, 15) is 8.42 Å². The van der Waals surface area contributed by atoms with Crippen molar-refractivity contribution in [3.63, 3.8) is 0 Å². The molecule has 6 heteroatoms. The van der Waals surface area contributed by atoms with E-state index in [0.29, 0.717) is 17.3 Å². The normalized spacial score (nSPS) is 16.9. The van der Waals surface area contributed by atoms with Crippen LogP contribution in [0.4, 0.5) is 5.69 Å². The highest BCUT2D eigenvalue weighted by Crippen LogP contribution is 2.35. The first kappa shape index (κ1) is 12.4. The number of nitrogens with zero attached hydrogens (tertiary/aromatic N) is 2.